The summed E-state index contributed by atoms with van der Waals surface area (Å²) in [6.07, 6.45) is 2.31. The molecule has 0 heterocycles. The van der Waals surface area contributed by atoms with Crippen LogP contribution < -0.4 is 10.1 Å². The van der Waals surface area contributed by atoms with Gasteiger partial charge in [0.15, 0.2) is 0 Å². The normalized spacial score (nSPS) is 11.4. The molecule has 4 nitrogen and oxygen atoms in total. The van der Waals surface area contributed by atoms with Crippen molar-refractivity contribution in [3.63, 3.8) is 0 Å². The maximum Gasteiger partial charge on any atom is 0.221 e. The van der Waals surface area contributed by atoms with Gasteiger partial charge in [0.1, 0.15) is 17.6 Å². The SMILES string of the molecule is CCC[C@H](C#N)NC(=O)CCCOc1cccc(F)c1. The van der Waals surface area contributed by atoms with Crippen LogP contribution >= 0.6 is 0 Å². The molecule has 0 spiro atoms. The minimum atomic E-state index is -0.420. The first-order valence-corrected chi connectivity index (χ1v) is 6.73. The molecule has 0 aromatic heterocycles. The molecule has 0 saturated heterocycles. The van der Waals surface area contributed by atoms with Gasteiger partial charge in [-0.25, -0.2) is 4.39 Å². The van der Waals surface area contributed by atoms with Crippen LogP contribution in [0.3, 0.4) is 0 Å². The Morgan fingerprint density at radius 3 is 3.00 bits per heavy atom. The Labute approximate surface area is 118 Å². The van der Waals surface area contributed by atoms with E-state index in [4.69, 9.17) is 10.00 Å². The number of benzene rings is 1. The van der Waals surface area contributed by atoms with Crippen LogP contribution in [0, 0.1) is 17.1 Å². The Morgan fingerprint density at radius 1 is 1.55 bits per heavy atom. The van der Waals surface area contributed by atoms with E-state index in [1.807, 2.05) is 6.92 Å². The number of hydrogen-bond acceptors (Lipinski definition) is 3. The Kier molecular flexibility index (Phi) is 7.12. The molecule has 0 aliphatic carbocycles. The summed E-state index contributed by atoms with van der Waals surface area (Å²) >= 11 is 0. The summed E-state index contributed by atoms with van der Waals surface area (Å²) in [6.45, 7) is 2.30. The van der Waals surface area contributed by atoms with Crippen LogP contribution in [0.15, 0.2) is 24.3 Å². The van der Waals surface area contributed by atoms with Crippen molar-refractivity contribution >= 4 is 5.91 Å². The van der Waals surface area contributed by atoms with Crippen LogP contribution in [0.4, 0.5) is 4.39 Å². The first-order chi connectivity index (χ1) is 9.65. The van der Waals surface area contributed by atoms with Crippen molar-refractivity contribution < 1.29 is 13.9 Å². The largest absolute Gasteiger partial charge is 0.493 e. The molecule has 1 amide bonds. The number of carbonyl (C=O) groups excluding carboxylic acids is 1. The average Bonchev–Trinajstić information content (AvgIpc) is 2.43. The number of halogens is 1. The van der Waals surface area contributed by atoms with Crippen molar-refractivity contribution in [3.05, 3.63) is 30.1 Å². The van der Waals surface area contributed by atoms with E-state index in [1.54, 1.807) is 12.1 Å². The van der Waals surface area contributed by atoms with E-state index in [-0.39, 0.29) is 18.1 Å². The van der Waals surface area contributed by atoms with Crippen LogP contribution in [0.25, 0.3) is 0 Å². The van der Waals surface area contributed by atoms with Gasteiger partial charge in [-0.2, -0.15) is 5.26 Å². The number of rotatable bonds is 8. The van der Waals surface area contributed by atoms with Gasteiger partial charge in [0.25, 0.3) is 0 Å². The lowest BCUT2D eigenvalue weighted by molar-refractivity contribution is -0.121. The average molecular weight is 278 g/mol. The van der Waals surface area contributed by atoms with E-state index in [1.165, 1.54) is 12.1 Å². The molecule has 1 aromatic carbocycles. The van der Waals surface area contributed by atoms with Gasteiger partial charge >= 0.3 is 0 Å². The second kappa shape index (κ2) is 8.92. The van der Waals surface area contributed by atoms with Crippen molar-refractivity contribution in [3.8, 4) is 11.8 Å². The van der Waals surface area contributed by atoms with Crippen LogP contribution in [0.2, 0.25) is 0 Å². The summed E-state index contributed by atoms with van der Waals surface area (Å²) in [5.41, 5.74) is 0. The third-order valence-electron chi connectivity index (χ3n) is 2.68. The Bertz CT molecular complexity index is 471. The lowest BCUT2D eigenvalue weighted by Gasteiger charge is -2.10. The molecule has 0 aliphatic rings. The highest BCUT2D eigenvalue weighted by atomic mass is 19.1. The highest BCUT2D eigenvalue weighted by Gasteiger charge is 2.09. The van der Waals surface area contributed by atoms with Gasteiger partial charge in [-0.3, -0.25) is 4.79 Å². The fourth-order valence-corrected chi connectivity index (χ4v) is 1.70. The summed E-state index contributed by atoms with van der Waals surface area (Å²) < 4.78 is 18.2. The molecule has 1 atom stereocenters. The predicted octanol–water partition coefficient (Wildman–Crippen LogP) is 2.79. The highest BCUT2D eigenvalue weighted by Crippen LogP contribution is 2.12. The first-order valence-electron chi connectivity index (χ1n) is 6.73. The van der Waals surface area contributed by atoms with Gasteiger partial charge in [-0.05, 0) is 25.0 Å². The zero-order valence-electron chi connectivity index (χ0n) is 11.6. The number of nitrogens with zero attached hydrogens (tertiary/aromatic N) is 1. The summed E-state index contributed by atoms with van der Waals surface area (Å²) in [6, 6.07) is 7.51. The monoisotopic (exact) mass is 278 g/mol. The molecule has 1 aromatic rings. The van der Waals surface area contributed by atoms with Gasteiger partial charge in [0.2, 0.25) is 5.91 Å². The zero-order chi connectivity index (χ0) is 14.8. The molecule has 1 N–H and O–H groups in total. The maximum atomic E-state index is 12.9. The molecule has 1 rings (SSSR count). The predicted molar refractivity (Wildman–Crippen MR) is 73.6 cm³/mol. The van der Waals surface area contributed by atoms with Crippen molar-refractivity contribution in [2.24, 2.45) is 0 Å². The lowest BCUT2D eigenvalue weighted by Crippen LogP contribution is -2.33. The van der Waals surface area contributed by atoms with E-state index in [2.05, 4.69) is 11.4 Å². The Hall–Kier alpha value is -2.09. The number of nitriles is 1. The number of hydrogen-bond donors (Lipinski definition) is 1. The van der Waals surface area contributed by atoms with Crippen molar-refractivity contribution in [1.82, 2.24) is 5.32 Å². The molecule has 0 saturated carbocycles. The Balaban J connectivity index is 2.21. The number of ether oxygens (including phenoxy) is 1. The van der Waals surface area contributed by atoms with Crippen molar-refractivity contribution in [1.29, 1.82) is 5.26 Å². The van der Waals surface area contributed by atoms with E-state index < -0.39 is 6.04 Å². The van der Waals surface area contributed by atoms with Crippen LogP contribution in [-0.2, 0) is 4.79 Å². The van der Waals surface area contributed by atoms with Gasteiger partial charge < -0.3 is 10.1 Å². The van der Waals surface area contributed by atoms with Crippen LogP contribution in [0.1, 0.15) is 32.6 Å². The first kappa shape index (κ1) is 16.0. The van der Waals surface area contributed by atoms with Gasteiger partial charge in [-0.15, -0.1) is 0 Å². The van der Waals surface area contributed by atoms with E-state index in [0.717, 1.165) is 6.42 Å². The minimum absolute atomic E-state index is 0.159. The molecule has 0 unspecified atom stereocenters. The van der Waals surface area contributed by atoms with Gasteiger partial charge in [0, 0.05) is 12.5 Å². The molecule has 0 fully saturated rings. The molecule has 108 valence electrons. The smallest absolute Gasteiger partial charge is 0.221 e. The number of carbonyl (C=O) groups is 1. The fourth-order valence-electron chi connectivity index (χ4n) is 1.70. The molecular formula is C15H19FN2O2. The molecule has 0 bridgehead atoms. The van der Waals surface area contributed by atoms with Crippen LogP contribution in [-0.4, -0.2) is 18.6 Å². The van der Waals surface area contributed by atoms with E-state index in [0.29, 0.717) is 25.2 Å². The third kappa shape index (κ3) is 6.19. The quantitative estimate of drug-likeness (QED) is 0.744. The lowest BCUT2D eigenvalue weighted by atomic mass is 10.2. The number of nitrogens with one attached hydrogen (secondary N) is 1. The number of amides is 1. The molecule has 5 heteroatoms. The summed E-state index contributed by atoms with van der Waals surface area (Å²) in [7, 11) is 0. The highest BCUT2D eigenvalue weighted by molar-refractivity contribution is 5.76. The summed E-state index contributed by atoms with van der Waals surface area (Å²) in [5.74, 6) is -0.0594. The van der Waals surface area contributed by atoms with Crippen molar-refractivity contribution in [2.75, 3.05) is 6.61 Å². The zero-order valence-corrected chi connectivity index (χ0v) is 11.6. The maximum absolute atomic E-state index is 12.9. The topological polar surface area (TPSA) is 62.1 Å². The summed E-state index contributed by atoms with van der Waals surface area (Å²) in [4.78, 5) is 11.6. The van der Waals surface area contributed by atoms with Crippen LogP contribution in [0.5, 0.6) is 5.75 Å². The molecule has 0 aliphatic heterocycles. The Morgan fingerprint density at radius 2 is 2.35 bits per heavy atom. The van der Waals surface area contributed by atoms with Gasteiger partial charge in [0.05, 0.1) is 12.7 Å². The second-order valence-electron chi connectivity index (χ2n) is 4.45. The summed E-state index contributed by atoms with van der Waals surface area (Å²) in [5, 5.41) is 11.5. The third-order valence-corrected chi connectivity index (χ3v) is 2.68. The second-order valence-corrected chi connectivity index (χ2v) is 4.45. The minimum Gasteiger partial charge on any atom is -0.493 e. The molecule has 0 radical (unpaired) electrons. The molecular weight excluding hydrogens is 259 g/mol. The van der Waals surface area contributed by atoms with Gasteiger partial charge in [-0.1, -0.05) is 19.4 Å². The van der Waals surface area contributed by atoms with E-state index >= 15 is 0 Å². The fraction of sp³-hybridized carbons (Fsp3) is 0.467. The standard InChI is InChI=1S/C15H19FN2O2/c1-2-5-13(11-17)18-15(19)8-4-9-20-14-7-3-6-12(16)10-14/h3,6-7,10,13H,2,4-5,8-9H2,1H3,(H,18,19)/t13-/m1/s1. The van der Waals surface area contributed by atoms with Crippen molar-refractivity contribution in [2.45, 2.75) is 38.6 Å². The van der Waals surface area contributed by atoms with E-state index in [9.17, 15) is 9.18 Å². The molecule has 20 heavy (non-hydrogen) atoms.